The highest BCUT2D eigenvalue weighted by Crippen LogP contribution is 2.21. The Morgan fingerprint density at radius 2 is 1.75 bits per heavy atom. The van der Waals surface area contributed by atoms with Gasteiger partial charge in [-0.15, -0.1) is 0 Å². The molecule has 5 heteroatoms. The molecule has 0 aliphatic rings. The number of rotatable bonds is 9. The van der Waals surface area contributed by atoms with E-state index in [0.717, 1.165) is 49.4 Å². The molecule has 1 unspecified atom stereocenters. The van der Waals surface area contributed by atoms with Gasteiger partial charge in [-0.2, -0.15) is 0 Å². The lowest BCUT2D eigenvalue weighted by molar-refractivity contribution is 0.0636. The van der Waals surface area contributed by atoms with Gasteiger partial charge in [0.1, 0.15) is 18.0 Å². The van der Waals surface area contributed by atoms with E-state index in [-0.39, 0.29) is 0 Å². The van der Waals surface area contributed by atoms with Crippen LogP contribution in [0.25, 0.3) is 0 Å². The van der Waals surface area contributed by atoms with Gasteiger partial charge in [-0.1, -0.05) is 27.2 Å². The summed E-state index contributed by atoms with van der Waals surface area (Å²) in [5.41, 5.74) is 0.370. The monoisotopic (exact) mass is 280 g/mol. The van der Waals surface area contributed by atoms with Crippen molar-refractivity contribution in [2.24, 2.45) is 0 Å². The van der Waals surface area contributed by atoms with Gasteiger partial charge in [0, 0.05) is 18.7 Å². The number of aliphatic hydroxyl groups is 1. The van der Waals surface area contributed by atoms with Crippen molar-refractivity contribution in [2.45, 2.75) is 59.0 Å². The largest absolute Gasteiger partial charge is 0.388 e. The molecule has 0 amide bonds. The predicted molar refractivity (Wildman–Crippen MR) is 84.2 cm³/mol. The summed E-state index contributed by atoms with van der Waals surface area (Å²) in [6, 6.07) is 0. The lowest BCUT2D eigenvalue weighted by Gasteiger charge is -2.24. The van der Waals surface area contributed by atoms with Gasteiger partial charge >= 0.3 is 0 Å². The number of aromatic nitrogens is 2. The van der Waals surface area contributed by atoms with Gasteiger partial charge in [-0.05, 0) is 26.2 Å². The minimum Gasteiger partial charge on any atom is -0.388 e. The third-order valence-electron chi connectivity index (χ3n) is 3.27. The number of hydrogen-bond acceptors (Lipinski definition) is 5. The number of nitrogens with one attached hydrogen (secondary N) is 2. The molecule has 3 N–H and O–H groups in total. The summed E-state index contributed by atoms with van der Waals surface area (Å²) in [6.07, 6.45) is 5.20. The van der Waals surface area contributed by atoms with Crippen LogP contribution in [0.4, 0.5) is 11.6 Å². The van der Waals surface area contributed by atoms with E-state index in [0.29, 0.717) is 6.54 Å². The highest BCUT2D eigenvalue weighted by molar-refractivity contribution is 5.57. The van der Waals surface area contributed by atoms with E-state index in [9.17, 15) is 5.11 Å². The van der Waals surface area contributed by atoms with Crippen LogP contribution >= 0.6 is 0 Å². The zero-order valence-electron chi connectivity index (χ0n) is 13.2. The Morgan fingerprint density at radius 3 is 2.30 bits per heavy atom. The van der Waals surface area contributed by atoms with Crippen LogP contribution in [0.1, 0.15) is 52.5 Å². The molecule has 20 heavy (non-hydrogen) atoms. The van der Waals surface area contributed by atoms with Crippen molar-refractivity contribution < 1.29 is 5.11 Å². The number of hydrogen-bond donors (Lipinski definition) is 3. The van der Waals surface area contributed by atoms with E-state index < -0.39 is 5.60 Å². The zero-order chi connectivity index (χ0) is 15.0. The third kappa shape index (κ3) is 4.96. The van der Waals surface area contributed by atoms with Crippen molar-refractivity contribution in [1.29, 1.82) is 0 Å². The molecule has 0 aliphatic carbocycles. The molecular weight excluding hydrogens is 252 g/mol. The second kappa shape index (κ2) is 8.04. The van der Waals surface area contributed by atoms with Gasteiger partial charge in [0.15, 0.2) is 0 Å². The van der Waals surface area contributed by atoms with Crippen LogP contribution in [0.3, 0.4) is 0 Å². The molecule has 0 aromatic carbocycles. The maximum Gasteiger partial charge on any atom is 0.134 e. The molecule has 1 atom stereocenters. The standard InChI is InChI=1S/C15H28N4O/c1-5-8-15(4,20)10-17-14-12(7-3)13(16-9-6-2)18-11-19-14/h11,20H,5-10H2,1-4H3,(H2,16,17,18,19). The first-order valence-corrected chi connectivity index (χ1v) is 7.58. The molecule has 0 saturated heterocycles. The second-order valence-electron chi connectivity index (χ2n) is 5.43. The fraction of sp³-hybridized carbons (Fsp3) is 0.733. The Balaban J connectivity index is 2.79. The first-order valence-electron chi connectivity index (χ1n) is 7.58. The molecule has 1 aromatic rings. The fourth-order valence-corrected chi connectivity index (χ4v) is 2.20. The molecule has 1 heterocycles. The summed E-state index contributed by atoms with van der Waals surface area (Å²) in [4.78, 5) is 8.61. The van der Waals surface area contributed by atoms with Crippen LogP contribution in [0.15, 0.2) is 6.33 Å². The van der Waals surface area contributed by atoms with Crippen LogP contribution in [0, 0.1) is 0 Å². The van der Waals surface area contributed by atoms with Crippen molar-refractivity contribution in [3.05, 3.63) is 11.9 Å². The summed E-state index contributed by atoms with van der Waals surface area (Å²) in [6.45, 7) is 9.54. The van der Waals surface area contributed by atoms with Crippen LogP contribution in [0.2, 0.25) is 0 Å². The predicted octanol–water partition coefficient (Wildman–Crippen LogP) is 2.82. The SMILES string of the molecule is CCCNc1ncnc(NCC(C)(O)CCC)c1CC. The lowest BCUT2D eigenvalue weighted by atomic mass is 10.0. The van der Waals surface area contributed by atoms with Crippen LogP contribution < -0.4 is 10.6 Å². The maximum absolute atomic E-state index is 10.2. The molecule has 0 aliphatic heterocycles. The normalized spacial score (nSPS) is 13.8. The number of anilines is 2. The first kappa shape index (κ1) is 16.7. The minimum atomic E-state index is -0.707. The van der Waals surface area contributed by atoms with Crippen LogP contribution in [-0.4, -0.2) is 33.8 Å². The zero-order valence-corrected chi connectivity index (χ0v) is 13.2. The van der Waals surface area contributed by atoms with E-state index in [4.69, 9.17) is 0 Å². The molecule has 0 bridgehead atoms. The van der Waals surface area contributed by atoms with Crippen LogP contribution in [0.5, 0.6) is 0 Å². The molecule has 1 rings (SSSR count). The highest BCUT2D eigenvalue weighted by Gasteiger charge is 2.20. The molecular formula is C15H28N4O. The maximum atomic E-state index is 10.2. The first-order chi connectivity index (χ1) is 9.54. The fourth-order valence-electron chi connectivity index (χ4n) is 2.20. The molecule has 0 spiro atoms. The van der Waals surface area contributed by atoms with Crippen LogP contribution in [-0.2, 0) is 6.42 Å². The Hall–Kier alpha value is -1.36. The van der Waals surface area contributed by atoms with Crippen molar-refractivity contribution >= 4 is 11.6 Å². The Kier molecular flexibility index (Phi) is 6.71. The quantitative estimate of drug-likeness (QED) is 0.649. The average Bonchev–Trinajstić information content (AvgIpc) is 2.42. The van der Waals surface area contributed by atoms with Crippen molar-refractivity contribution in [2.75, 3.05) is 23.7 Å². The molecule has 0 fully saturated rings. The van der Waals surface area contributed by atoms with E-state index in [1.165, 1.54) is 0 Å². The lowest BCUT2D eigenvalue weighted by Crippen LogP contribution is -2.33. The molecule has 0 radical (unpaired) electrons. The van der Waals surface area contributed by atoms with Crippen molar-refractivity contribution in [1.82, 2.24) is 9.97 Å². The van der Waals surface area contributed by atoms with E-state index in [1.54, 1.807) is 6.33 Å². The summed E-state index contributed by atoms with van der Waals surface area (Å²) in [7, 11) is 0. The molecule has 5 nitrogen and oxygen atoms in total. The topological polar surface area (TPSA) is 70.1 Å². The third-order valence-corrected chi connectivity index (χ3v) is 3.27. The molecule has 0 saturated carbocycles. The Morgan fingerprint density at radius 1 is 1.10 bits per heavy atom. The molecule has 114 valence electrons. The van der Waals surface area contributed by atoms with Crippen molar-refractivity contribution in [3.8, 4) is 0 Å². The second-order valence-corrected chi connectivity index (χ2v) is 5.43. The van der Waals surface area contributed by atoms with E-state index in [2.05, 4.69) is 41.4 Å². The minimum absolute atomic E-state index is 0.498. The van der Waals surface area contributed by atoms with Gasteiger partial charge in [0.05, 0.1) is 5.60 Å². The summed E-state index contributed by atoms with van der Waals surface area (Å²) in [5, 5.41) is 16.8. The van der Waals surface area contributed by atoms with Gasteiger partial charge < -0.3 is 15.7 Å². The summed E-state index contributed by atoms with van der Waals surface area (Å²) in [5.74, 6) is 1.71. The smallest absolute Gasteiger partial charge is 0.134 e. The summed E-state index contributed by atoms with van der Waals surface area (Å²) >= 11 is 0. The Labute approximate surface area is 122 Å². The van der Waals surface area contributed by atoms with Gasteiger partial charge in [-0.25, -0.2) is 9.97 Å². The van der Waals surface area contributed by atoms with E-state index >= 15 is 0 Å². The average molecular weight is 280 g/mol. The van der Waals surface area contributed by atoms with E-state index in [1.807, 2.05) is 6.92 Å². The van der Waals surface area contributed by atoms with Gasteiger partial charge in [0.2, 0.25) is 0 Å². The molecule has 1 aromatic heterocycles. The number of nitrogens with zero attached hydrogens (tertiary/aromatic N) is 2. The van der Waals surface area contributed by atoms with Gasteiger partial charge in [0.25, 0.3) is 0 Å². The van der Waals surface area contributed by atoms with Gasteiger partial charge in [-0.3, -0.25) is 0 Å². The highest BCUT2D eigenvalue weighted by atomic mass is 16.3. The Bertz CT molecular complexity index is 407. The summed E-state index contributed by atoms with van der Waals surface area (Å²) < 4.78 is 0. The van der Waals surface area contributed by atoms with Crippen molar-refractivity contribution in [3.63, 3.8) is 0 Å².